The number of ether oxygens (including phenoxy) is 1. The number of likely N-dealkylation sites (tertiary alicyclic amines) is 1. The third kappa shape index (κ3) is 4.41. The van der Waals surface area contributed by atoms with Crippen LogP contribution in [0.3, 0.4) is 0 Å². The van der Waals surface area contributed by atoms with E-state index in [1.807, 2.05) is 36.4 Å². The number of benzene rings is 2. The van der Waals surface area contributed by atoms with Crippen LogP contribution in [0.1, 0.15) is 43.7 Å². The molecule has 1 saturated heterocycles. The molecule has 2 aliphatic heterocycles. The first-order valence-electron chi connectivity index (χ1n) is 10.9. The molecule has 5 nitrogen and oxygen atoms in total. The van der Waals surface area contributed by atoms with Crippen LogP contribution in [0.15, 0.2) is 48.5 Å². The van der Waals surface area contributed by atoms with E-state index in [2.05, 4.69) is 22.3 Å². The summed E-state index contributed by atoms with van der Waals surface area (Å²) in [6.07, 6.45) is 4.02. The van der Waals surface area contributed by atoms with Gasteiger partial charge in [0.25, 0.3) is 0 Å². The second kappa shape index (κ2) is 9.00. The molecule has 1 fully saturated rings. The minimum absolute atomic E-state index is 0.0712. The number of amides is 1. The van der Waals surface area contributed by atoms with Crippen molar-refractivity contribution in [3.8, 4) is 5.75 Å². The Hall–Kier alpha value is -2.66. The minimum atomic E-state index is -0.332. The molecule has 0 aromatic heterocycles. The van der Waals surface area contributed by atoms with Crippen LogP contribution in [0, 0.1) is 0 Å². The molecule has 2 aromatic carbocycles. The Morgan fingerprint density at radius 2 is 1.87 bits per heavy atom. The topological polar surface area (TPSA) is 58.6 Å². The molecule has 0 spiro atoms. The number of fused-ring (bicyclic) bond motifs is 1. The zero-order valence-electron chi connectivity index (χ0n) is 17.7. The van der Waals surface area contributed by atoms with Gasteiger partial charge in [-0.3, -0.25) is 9.59 Å². The molecular formula is C25H30N2O3. The maximum atomic E-state index is 12.5. The molecule has 0 unspecified atom stereocenters. The summed E-state index contributed by atoms with van der Waals surface area (Å²) in [4.78, 5) is 26.5. The van der Waals surface area contributed by atoms with Crippen molar-refractivity contribution in [1.82, 2.24) is 4.90 Å². The fourth-order valence-electron chi connectivity index (χ4n) is 4.68. The van der Waals surface area contributed by atoms with Gasteiger partial charge in [-0.1, -0.05) is 36.4 Å². The Morgan fingerprint density at radius 1 is 1.10 bits per heavy atom. The molecular weight excluding hydrogens is 376 g/mol. The smallest absolute Gasteiger partial charge is 0.224 e. The molecule has 5 heteroatoms. The molecule has 0 aliphatic carbocycles. The largest absolute Gasteiger partial charge is 0.493 e. The van der Waals surface area contributed by atoms with Gasteiger partial charge >= 0.3 is 0 Å². The number of hydrogen-bond donors (Lipinski definition) is 1. The molecule has 0 bridgehead atoms. The van der Waals surface area contributed by atoms with E-state index < -0.39 is 0 Å². The average Bonchev–Trinajstić information content (AvgIpc) is 2.77. The van der Waals surface area contributed by atoms with Crippen LogP contribution in [-0.4, -0.2) is 42.8 Å². The lowest BCUT2D eigenvalue weighted by molar-refractivity contribution is -0.124. The lowest BCUT2D eigenvalue weighted by Crippen LogP contribution is -2.46. The second-order valence-corrected chi connectivity index (χ2v) is 8.42. The van der Waals surface area contributed by atoms with Crippen molar-refractivity contribution >= 4 is 17.4 Å². The predicted molar refractivity (Wildman–Crippen MR) is 118 cm³/mol. The molecule has 30 heavy (non-hydrogen) atoms. The standard InChI is InChI=1S/C25H30N2O3/c1-19(28)25(21-6-3-2-4-7-21)12-15-27(16-13-25)14-5-17-30-22-10-8-20-9-11-24(29)26-23(20)18-22/h2-4,6-8,10,18H,5,9,11-17H2,1H3,(H,26,29). The van der Waals surface area contributed by atoms with Gasteiger partial charge in [-0.05, 0) is 62.9 Å². The fourth-order valence-corrected chi connectivity index (χ4v) is 4.68. The van der Waals surface area contributed by atoms with Gasteiger partial charge in [0.05, 0.1) is 12.0 Å². The number of hydrogen-bond acceptors (Lipinski definition) is 4. The number of nitrogens with one attached hydrogen (secondary N) is 1. The van der Waals surface area contributed by atoms with Gasteiger partial charge in [-0.2, -0.15) is 0 Å². The maximum absolute atomic E-state index is 12.5. The Kier molecular flexibility index (Phi) is 6.18. The first-order valence-corrected chi connectivity index (χ1v) is 10.9. The van der Waals surface area contributed by atoms with E-state index in [1.54, 1.807) is 6.92 Å². The molecule has 2 aromatic rings. The first-order chi connectivity index (χ1) is 14.6. The summed E-state index contributed by atoms with van der Waals surface area (Å²) in [6, 6.07) is 16.2. The fraction of sp³-hybridized carbons (Fsp3) is 0.440. The number of anilines is 1. The summed E-state index contributed by atoms with van der Waals surface area (Å²) in [5.41, 5.74) is 2.87. The highest BCUT2D eigenvalue weighted by atomic mass is 16.5. The SMILES string of the molecule is CC(=O)C1(c2ccccc2)CCN(CCCOc2ccc3c(c2)NC(=O)CC3)CC1. The van der Waals surface area contributed by atoms with Gasteiger partial charge in [0, 0.05) is 24.7 Å². The van der Waals surface area contributed by atoms with E-state index >= 15 is 0 Å². The van der Waals surface area contributed by atoms with Crippen molar-refractivity contribution in [2.75, 3.05) is 31.6 Å². The summed E-state index contributed by atoms with van der Waals surface area (Å²) in [7, 11) is 0. The predicted octanol–water partition coefficient (Wildman–Crippen LogP) is 3.96. The Balaban J connectivity index is 1.25. The second-order valence-electron chi connectivity index (χ2n) is 8.42. The number of aryl methyl sites for hydroxylation is 1. The third-order valence-corrected chi connectivity index (χ3v) is 6.57. The molecule has 158 valence electrons. The molecule has 0 radical (unpaired) electrons. The minimum Gasteiger partial charge on any atom is -0.493 e. The van der Waals surface area contributed by atoms with E-state index in [0.717, 1.165) is 62.3 Å². The van der Waals surface area contributed by atoms with Crippen LogP contribution in [0.2, 0.25) is 0 Å². The van der Waals surface area contributed by atoms with Gasteiger partial charge in [-0.15, -0.1) is 0 Å². The number of Topliss-reactive ketones (excluding diaryl/α,β-unsaturated/α-hetero) is 1. The lowest BCUT2D eigenvalue weighted by Gasteiger charge is -2.40. The number of ketones is 1. The van der Waals surface area contributed by atoms with Gasteiger partial charge in [-0.25, -0.2) is 0 Å². The molecule has 1 N–H and O–H groups in total. The zero-order valence-corrected chi connectivity index (χ0v) is 17.7. The molecule has 0 atom stereocenters. The van der Waals surface area contributed by atoms with Crippen LogP contribution in [0.25, 0.3) is 0 Å². The zero-order chi connectivity index (χ0) is 21.0. The number of carbonyl (C=O) groups excluding carboxylic acids is 2. The molecule has 0 saturated carbocycles. The Morgan fingerprint density at radius 3 is 2.60 bits per heavy atom. The van der Waals surface area contributed by atoms with Crippen molar-refractivity contribution < 1.29 is 14.3 Å². The summed E-state index contributed by atoms with van der Waals surface area (Å²) >= 11 is 0. The summed E-state index contributed by atoms with van der Waals surface area (Å²) < 4.78 is 5.91. The van der Waals surface area contributed by atoms with E-state index in [1.165, 1.54) is 5.56 Å². The Labute approximate surface area is 178 Å². The summed E-state index contributed by atoms with van der Waals surface area (Å²) in [5, 5.41) is 2.92. The highest BCUT2D eigenvalue weighted by Gasteiger charge is 2.40. The van der Waals surface area contributed by atoms with Crippen molar-refractivity contribution in [1.29, 1.82) is 0 Å². The van der Waals surface area contributed by atoms with Crippen molar-refractivity contribution in [3.05, 3.63) is 59.7 Å². The number of rotatable bonds is 7. The van der Waals surface area contributed by atoms with Crippen molar-refractivity contribution in [3.63, 3.8) is 0 Å². The summed E-state index contributed by atoms with van der Waals surface area (Å²) in [5.74, 6) is 1.15. The lowest BCUT2D eigenvalue weighted by atomic mass is 9.70. The number of carbonyl (C=O) groups is 2. The van der Waals surface area contributed by atoms with Gasteiger partial charge in [0.1, 0.15) is 11.5 Å². The van der Waals surface area contributed by atoms with E-state index in [4.69, 9.17) is 4.74 Å². The van der Waals surface area contributed by atoms with Crippen LogP contribution >= 0.6 is 0 Å². The molecule has 4 rings (SSSR count). The summed E-state index contributed by atoms with van der Waals surface area (Å²) in [6.45, 7) is 5.19. The highest BCUT2D eigenvalue weighted by molar-refractivity contribution is 5.94. The van der Waals surface area contributed by atoms with Gasteiger partial charge < -0.3 is 15.0 Å². The highest BCUT2D eigenvalue weighted by Crippen LogP contribution is 2.36. The number of nitrogens with zero attached hydrogens (tertiary/aromatic N) is 1. The van der Waals surface area contributed by atoms with Gasteiger partial charge in [0.15, 0.2) is 0 Å². The maximum Gasteiger partial charge on any atom is 0.224 e. The van der Waals surface area contributed by atoms with Crippen LogP contribution < -0.4 is 10.1 Å². The number of piperidine rings is 1. The Bertz CT molecular complexity index is 902. The third-order valence-electron chi connectivity index (χ3n) is 6.57. The van der Waals surface area contributed by atoms with Gasteiger partial charge in [0.2, 0.25) is 5.91 Å². The first kappa shape index (κ1) is 20.6. The van der Waals surface area contributed by atoms with Crippen LogP contribution in [0.4, 0.5) is 5.69 Å². The monoisotopic (exact) mass is 406 g/mol. The van der Waals surface area contributed by atoms with E-state index in [9.17, 15) is 9.59 Å². The van der Waals surface area contributed by atoms with E-state index in [0.29, 0.717) is 13.0 Å². The van der Waals surface area contributed by atoms with Crippen molar-refractivity contribution in [2.24, 2.45) is 0 Å². The van der Waals surface area contributed by atoms with E-state index in [-0.39, 0.29) is 17.1 Å². The van der Waals surface area contributed by atoms with Crippen molar-refractivity contribution in [2.45, 2.75) is 44.4 Å². The molecule has 2 heterocycles. The van der Waals surface area contributed by atoms with Crippen LogP contribution in [-0.2, 0) is 21.4 Å². The normalized spacial score (nSPS) is 18.4. The molecule has 1 amide bonds. The quantitative estimate of drug-likeness (QED) is 0.707. The average molecular weight is 407 g/mol. The van der Waals surface area contributed by atoms with Crippen LogP contribution in [0.5, 0.6) is 5.75 Å². The molecule has 2 aliphatic rings.